The van der Waals surface area contributed by atoms with Gasteiger partial charge in [-0.3, -0.25) is 5.10 Å². The number of H-pyrrole nitrogens is 1. The second kappa shape index (κ2) is 6.99. The lowest BCUT2D eigenvalue weighted by atomic mass is 9.78. The van der Waals surface area contributed by atoms with E-state index in [1.54, 1.807) is 13.3 Å². The highest BCUT2D eigenvalue weighted by Crippen LogP contribution is 2.36. The second-order valence-electron chi connectivity index (χ2n) is 7.52. The van der Waals surface area contributed by atoms with Gasteiger partial charge < -0.3 is 10.1 Å². The van der Waals surface area contributed by atoms with Gasteiger partial charge in [-0.1, -0.05) is 38.8 Å². The van der Waals surface area contributed by atoms with Gasteiger partial charge in [0.25, 0.3) is 0 Å². The molecule has 6 nitrogen and oxygen atoms in total. The number of rotatable bonds is 4. The topological polar surface area (TPSA) is 78.1 Å². The van der Waals surface area contributed by atoms with Crippen molar-refractivity contribution in [1.82, 2.24) is 14.6 Å². The van der Waals surface area contributed by atoms with E-state index in [1.165, 1.54) is 12.8 Å². The number of methoxy groups -OCH3 is 1. The van der Waals surface area contributed by atoms with Gasteiger partial charge in [-0.25, -0.2) is 9.50 Å². The van der Waals surface area contributed by atoms with Gasteiger partial charge in [0.2, 0.25) is 0 Å². The number of benzene rings is 1. The molecule has 0 aliphatic heterocycles. The van der Waals surface area contributed by atoms with Crippen LogP contribution in [0, 0.1) is 23.2 Å². The van der Waals surface area contributed by atoms with Gasteiger partial charge in [-0.2, -0.15) is 5.26 Å². The number of imidazole rings is 1. The van der Waals surface area contributed by atoms with Crippen LogP contribution in [0.4, 0.5) is 5.82 Å². The van der Waals surface area contributed by atoms with Crippen molar-refractivity contribution in [2.24, 2.45) is 11.8 Å². The average molecular weight is 363 g/mol. The van der Waals surface area contributed by atoms with Crippen LogP contribution in [0.1, 0.15) is 38.7 Å². The van der Waals surface area contributed by atoms with Crippen LogP contribution in [0.15, 0.2) is 30.5 Å². The van der Waals surface area contributed by atoms with Gasteiger partial charge >= 0.3 is 0 Å². The van der Waals surface area contributed by atoms with Crippen LogP contribution in [0.2, 0.25) is 0 Å². The lowest BCUT2D eigenvalue weighted by molar-refractivity contribution is 0.252. The Morgan fingerprint density at radius 3 is 2.96 bits per heavy atom. The number of hydrogen-bond acceptors (Lipinski definition) is 4. The van der Waals surface area contributed by atoms with Crippen molar-refractivity contribution in [2.45, 2.75) is 39.2 Å². The number of aromatic amines is 1. The Kier molecular flexibility index (Phi) is 4.53. The van der Waals surface area contributed by atoms with Crippen molar-refractivity contribution in [1.29, 1.82) is 5.26 Å². The summed E-state index contributed by atoms with van der Waals surface area (Å²) in [6.07, 6.45) is 5.36. The minimum atomic E-state index is 0.381. The number of fused-ring (bicyclic) bond motifs is 1. The Balaban J connectivity index is 1.82. The number of anilines is 1. The van der Waals surface area contributed by atoms with E-state index in [9.17, 15) is 5.26 Å². The highest BCUT2D eigenvalue weighted by molar-refractivity contribution is 5.78. The highest BCUT2D eigenvalue weighted by Gasteiger charge is 2.29. The molecule has 1 saturated carbocycles. The second-order valence-corrected chi connectivity index (χ2v) is 7.52. The fraction of sp³-hybridized carbons (Fsp3) is 0.429. The number of nitrogens with zero attached hydrogens (tertiary/aromatic N) is 3. The Morgan fingerprint density at radius 1 is 1.33 bits per heavy atom. The molecule has 0 amide bonds. The Bertz CT molecular complexity index is 996. The first kappa shape index (κ1) is 17.5. The lowest BCUT2D eigenvalue weighted by Crippen LogP contribution is -2.35. The summed E-state index contributed by atoms with van der Waals surface area (Å²) in [6.45, 7) is 4.65. The van der Waals surface area contributed by atoms with Gasteiger partial charge in [-0.05, 0) is 30.4 Å². The molecule has 6 heteroatoms. The van der Waals surface area contributed by atoms with Crippen molar-refractivity contribution in [3.8, 4) is 23.1 Å². The quantitative estimate of drug-likeness (QED) is 0.718. The summed E-state index contributed by atoms with van der Waals surface area (Å²) >= 11 is 0. The molecule has 3 aromatic rings. The predicted octanol–water partition coefficient (Wildman–Crippen LogP) is 4.45. The van der Waals surface area contributed by atoms with Crippen molar-refractivity contribution in [3.63, 3.8) is 0 Å². The smallest absolute Gasteiger partial charge is 0.173 e. The van der Waals surface area contributed by atoms with Crippen LogP contribution in [0.25, 0.3) is 16.9 Å². The molecule has 0 bridgehead atoms. The van der Waals surface area contributed by atoms with E-state index in [0.29, 0.717) is 29.1 Å². The molecule has 1 aromatic carbocycles. The standard InChI is InChI=1S/C21H25N5O/c1-13-6-4-9-18(14(13)2)24-21-19(15-7-5-8-17(10-15)27-3)25-20-16(11-22)12-23-26(20)21/h5,7-8,10,12-14,18,23-24H,4,6,9H2,1-3H3/t13-,14+,18+/m0/s1. The van der Waals surface area contributed by atoms with E-state index in [4.69, 9.17) is 9.72 Å². The van der Waals surface area contributed by atoms with Crippen LogP contribution in [0.5, 0.6) is 5.75 Å². The maximum absolute atomic E-state index is 9.41. The molecule has 27 heavy (non-hydrogen) atoms. The van der Waals surface area contributed by atoms with Gasteiger partial charge in [0.05, 0.1) is 7.11 Å². The summed E-state index contributed by atoms with van der Waals surface area (Å²) in [5.74, 6) is 2.96. The molecular formula is C21H25N5O. The fourth-order valence-electron chi connectivity index (χ4n) is 4.07. The van der Waals surface area contributed by atoms with Crippen molar-refractivity contribution >= 4 is 11.5 Å². The van der Waals surface area contributed by atoms with E-state index >= 15 is 0 Å². The van der Waals surface area contributed by atoms with Crippen LogP contribution in [-0.2, 0) is 0 Å². The van der Waals surface area contributed by atoms with Gasteiger partial charge in [0.15, 0.2) is 11.5 Å². The van der Waals surface area contributed by atoms with Crippen molar-refractivity contribution in [3.05, 3.63) is 36.0 Å². The summed E-state index contributed by atoms with van der Waals surface area (Å²) in [7, 11) is 1.66. The molecule has 0 unspecified atom stereocenters. The van der Waals surface area contributed by atoms with Crippen LogP contribution in [-0.4, -0.2) is 27.7 Å². The molecule has 140 valence electrons. The minimum Gasteiger partial charge on any atom is -0.497 e. The molecule has 1 aliphatic rings. The van der Waals surface area contributed by atoms with E-state index < -0.39 is 0 Å². The molecule has 0 saturated heterocycles. The number of nitriles is 1. The maximum Gasteiger partial charge on any atom is 0.173 e. The Hall–Kier alpha value is -2.94. The zero-order chi connectivity index (χ0) is 19.0. The summed E-state index contributed by atoms with van der Waals surface area (Å²) in [5, 5.41) is 16.3. The van der Waals surface area contributed by atoms with E-state index in [1.807, 2.05) is 28.8 Å². The molecule has 2 N–H and O–H groups in total. The van der Waals surface area contributed by atoms with E-state index in [-0.39, 0.29) is 0 Å². The summed E-state index contributed by atoms with van der Waals surface area (Å²) in [4.78, 5) is 4.79. The van der Waals surface area contributed by atoms with E-state index in [2.05, 4.69) is 30.3 Å². The molecule has 4 rings (SSSR count). The van der Waals surface area contributed by atoms with Crippen LogP contribution < -0.4 is 10.1 Å². The normalized spacial score (nSPS) is 22.5. The monoisotopic (exact) mass is 363 g/mol. The summed E-state index contributed by atoms with van der Waals surface area (Å²) in [5.41, 5.74) is 2.99. The van der Waals surface area contributed by atoms with Gasteiger partial charge in [-0.15, -0.1) is 0 Å². The largest absolute Gasteiger partial charge is 0.497 e. The summed E-state index contributed by atoms with van der Waals surface area (Å²) < 4.78 is 7.27. The minimum absolute atomic E-state index is 0.381. The number of nitrogens with one attached hydrogen (secondary N) is 2. The molecule has 2 heterocycles. The first-order valence-electron chi connectivity index (χ1n) is 9.53. The molecule has 0 spiro atoms. The first-order chi connectivity index (χ1) is 13.1. The molecule has 0 radical (unpaired) electrons. The zero-order valence-electron chi connectivity index (χ0n) is 16.0. The molecular weight excluding hydrogens is 338 g/mol. The van der Waals surface area contributed by atoms with Crippen LogP contribution in [0.3, 0.4) is 0 Å². The third kappa shape index (κ3) is 3.03. The molecule has 1 fully saturated rings. The van der Waals surface area contributed by atoms with Gasteiger partial charge in [0.1, 0.15) is 23.1 Å². The first-order valence-corrected chi connectivity index (χ1v) is 9.53. The third-order valence-corrected chi connectivity index (χ3v) is 5.95. The average Bonchev–Trinajstić information content (AvgIpc) is 3.25. The maximum atomic E-state index is 9.41. The molecule has 1 aliphatic carbocycles. The Morgan fingerprint density at radius 2 is 2.19 bits per heavy atom. The summed E-state index contributed by atoms with van der Waals surface area (Å²) in [6, 6.07) is 10.5. The third-order valence-electron chi connectivity index (χ3n) is 5.95. The Labute approximate surface area is 159 Å². The van der Waals surface area contributed by atoms with E-state index in [0.717, 1.165) is 29.2 Å². The highest BCUT2D eigenvalue weighted by atomic mass is 16.5. The van der Waals surface area contributed by atoms with Crippen LogP contribution >= 0.6 is 0 Å². The van der Waals surface area contributed by atoms with Crippen molar-refractivity contribution in [2.75, 3.05) is 12.4 Å². The zero-order valence-corrected chi connectivity index (χ0v) is 16.0. The SMILES string of the molecule is COc1cccc(-c2nc3c(C#N)c[nH]n3c2N[C@@H]2CCC[C@H](C)[C@H]2C)c1. The molecule has 2 aromatic heterocycles. The van der Waals surface area contributed by atoms with Crippen molar-refractivity contribution < 1.29 is 4.74 Å². The predicted molar refractivity (Wildman–Crippen MR) is 106 cm³/mol. The fourth-order valence-corrected chi connectivity index (χ4v) is 4.07. The lowest BCUT2D eigenvalue weighted by Gasteiger charge is -2.35. The number of ether oxygens (including phenoxy) is 1. The molecule has 3 atom stereocenters. The number of hydrogen-bond donors (Lipinski definition) is 2. The van der Waals surface area contributed by atoms with Gasteiger partial charge in [0, 0.05) is 17.8 Å². The number of aromatic nitrogens is 3.